The zero-order valence-electron chi connectivity index (χ0n) is 13.3. The van der Waals surface area contributed by atoms with Crippen LogP contribution in [0.2, 0.25) is 0 Å². The number of thiazole rings is 1. The lowest BCUT2D eigenvalue weighted by Gasteiger charge is -2.18. The average molecular weight is 304 g/mol. The second kappa shape index (κ2) is 6.58. The van der Waals surface area contributed by atoms with Gasteiger partial charge in [0.1, 0.15) is 0 Å². The predicted molar refractivity (Wildman–Crippen MR) is 90.1 cm³/mol. The number of nitrogens with zero attached hydrogens (tertiary/aromatic N) is 1. The molecule has 0 aliphatic carbocycles. The molecule has 0 aliphatic rings. The van der Waals surface area contributed by atoms with Crippen molar-refractivity contribution in [1.29, 1.82) is 0 Å². The molecule has 21 heavy (non-hydrogen) atoms. The van der Waals surface area contributed by atoms with Gasteiger partial charge in [0.05, 0.1) is 12.3 Å². The number of rotatable bonds is 5. The Bertz CT molecular complexity index is 599. The van der Waals surface area contributed by atoms with Crippen LogP contribution in [0.3, 0.4) is 0 Å². The van der Waals surface area contributed by atoms with Crippen LogP contribution in [0.15, 0.2) is 24.3 Å². The van der Waals surface area contributed by atoms with Gasteiger partial charge in [-0.05, 0) is 17.5 Å². The van der Waals surface area contributed by atoms with E-state index in [1.807, 2.05) is 0 Å². The Labute approximate surface area is 131 Å². The van der Waals surface area contributed by atoms with Crippen molar-refractivity contribution in [2.75, 3.05) is 19.5 Å². The van der Waals surface area contributed by atoms with Gasteiger partial charge in [-0.25, -0.2) is 4.98 Å². The molecule has 0 fully saturated rings. The Morgan fingerprint density at radius 2 is 1.86 bits per heavy atom. The van der Waals surface area contributed by atoms with Crippen LogP contribution in [0.25, 0.3) is 0 Å². The van der Waals surface area contributed by atoms with E-state index in [0.29, 0.717) is 5.13 Å². The van der Waals surface area contributed by atoms with Gasteiger partial charge in [-0.2, -0.15) is 0 Å². The summed E-state index contributed by atoms with van der Waals surface area (Å²) < 4.78 is 5.20. The van der Waals surface area contributed by atoms with Crippen molar-refractivity contribution in [3.8, 4) is 0 Å². The van der Waals surface area contributed by atoms with E-state index in [-0.39, 0.29) is 5.41 Å². The van der Waals surface area contributed by atoms with E-state index in [1.54, 1.807) is 18.4 Å². The lowest BCUT2D eigenvalue weighted by atomic mass is 9.89. The van der Waals surface area contributed by atoms with Crippen LogP contribution in [0.1, 0.15) is 42.5 Å². The van der Waals surface area contributed by atoms with Crippen LogP contribution in [0, 0.1) is 0 Å². The maximum absolute atomic E-state index is 5.94. The van der Waals surface area contributed by atoms with E-state index in [1.165, 1.54) is 16.0 Å². The number of nitrogens with two attached hydrogens (primary N) is 1. The molecule has 4 heteroatoms. The number of hydrogen-bond acceptors (Lipinski definition) is 4. The van der Waals surface area contributed by atoms with Crippen molar-refractivity contribution in [2.45, 2.75) is 39.0 Å². The average Bonchev–Trinajstić information content (AvgIpc) is 2.79. The quantitative estimate of drug-likeness (QED) is 0.914. The Morgan fingerprint density at radius 1 is 1.19 bits per heavy atom. The van der Waals surface area contributed by atoms with Crippen molar-refractivity contribution in [1.82, 2.24) is 4.98 Å². The third-order valence-corrected chi connectivity index (χ3v) is 4.35. The molecule has 2 rings (SSSR count). The first kappa shape index (κ1) is 16.0. The van der Waals surface area contributed by atoms with Gasteiger partial charge in [0.15, 0.2) is 5.13 Å². The summed E-state index contributed by atoms with van der Waals surface area (Å²) in [5.41, 5.74) is 9.75. The number of hydrogen-bond donors (Lipinski definition) is 1. The van der Waals surface area contributed by atoms with E-state index in [2.05, 4.69) is 50.0 Å². The van der Waals surface area contributed by atoms with E-state index >= 15 is 0 Å². The van der Waals surface area contributed by atoms with E-state index in [9.17, 15) is 0 Å². The van der Waals surface area contributed by atoms with Gasteiger partial charge in [0, 0.05) is 23.8 Å². The van der Waals surface area contributed by atoms with Crippen LogP contribution in [0.4, 0.5) is 5.13 Å². The second-order valence-electron chi connectivity index (χ2n) is 6.26. The van der Waals surface area contributed by atoms with Crippen molar-refractivity contribution in [3.63, 3.8) is 0 Å². The molecule has 0 aliphatic heterocycles. The molecule has 0 bridgehead atoms. The van der Waals surface area contributed by atoms with Gasteiger partial charge in [0.2, 0.25) is 0 Å². The summed E-state index contributed by atoms with van der Waals surface area (Å²) in [6.07, 6.45) is 1.83. The lowest BCUT2D eigenvalue weighted by molar-refractivity contribution is 0.202. The summed E-state index contributed by atoms with van der Waals surface area (Å²) in [7, 11) is 1.74. The maximum atomic E-state index is 5.94. The van der Waals surface area contributed by atoms with Gasteiger partial charge < -0.3 is 10.5 Å². The van der Waals surface area contributed by atoms with E-state index < -0.39 is 0 Å². The van der Waals surface area contributed by atoms with Crippen LogP contribution < -0.4 is 5.73 Å². The van der Waals surface area contributed by atoms with E-state index in [4.69, 9.17) is 10.5 Å². The summed E-state index contributed by atoms with van der Waals surface area (Å²) in [5.74, 6) is 0. The standard InChI is InChI=1S/C17H24N2OS/c1-17(2,3)15-14(21-16(18)19-15)11-13-8-6-5-7-12(13)9-10-20-4/h5-8H,9-11H2,1-4H3,(H2,18,19). The normalized spacial score (nSPS) is 11.8. The van der Waals surface area contributed by atoms with Crippen molar-refractivity contribution >= 4 is 16.5 Å². The molecule has 0 radical (unpaired) electrons. The van der Waals surface area contributed by atoms with Crippen molar-refractivity contribution in [2.24, 2.45) is 0 Å². The number of methoxy groups -OCH3 is 1. The topological polar surface area (TPSA) is 48.1 Å². The fourth-order valence-electron chi connectivity index (χ4n) is 2.43. The number of ether oxygens (including phenoxy) is 1. The minimum atomic E-state index is 0.0188. The van der Waals surface area contributed by atoms with E-state index in [0.717, 1.165) is 25.1 Å². The smallest absolute Gasteiger partial charge is 0.180 e. The number of nitrogen functional groups attached to an aromatic ring is 1. The zero-order chi connectivity index (χ0) is 15.5. The first-order valence-electron chi connectivity index (χ1n) is 7.23. The van der Waals surface area contributed by atoms with Gasteiger partial charge in [-0.1, -0.05) is 45.0 Å². The van der Waals surface area contributed by atoms with Crippen LogP contribution in [-0.4, -0.2) is 18.7 Å². The fourth-order valence-corrected chi connectivity index (χ4v) is 3.50. The molecule has 2 aromatic rings. The summed E-state index contributed by atoms with van der Waals surface area (Å²) in [4.78, 5) is 5.81. The molecule has 0 spiro atoms. The molecule has 0 atom stereocenters. The SMILES string of the molecule is COCCc1ccccc1Cc1sc(N)nc1C(C)(C)C. The summed E-state index contributed by atoms with van der Waals surface area (Å²) >= 11 is 1.60. The number of anilines is 1. The van der Waals surface area contributed by atoms with Gasteiger partial charge in [0.25, 0.3) is 0 Å². The second-order valence-corrected chi connectivity index (χ2v) is 7.38. The molecule has 1 aromatic carbocycles. The largest absolute Gasteiger partial charge is 0.384 e. The monoisotopic (exact) mass is 304 g/mol. The lowest BCUT2D eigenvalue weighted by Crippen LogP contribution is -2.14. The first-order chi connectivity index (χ1) is 9.91. The molecule has 0 saturated heterocycles. The molecule has 0 unspecified atom stereocenters. The highest BCUT2D eigenvalue weighted by Gasteiger charge is 2.23. The molecule has 114 valence electrons. The Hall–Kier alpha value is -1.39. The maximum Gasteiger partial charge on any atom is 0.180 e. The van der Waals surface area contributed by atoms with Crippen LogP contribution >= 0.6 is 11.3 Å². The van der Waals surface area contributed by atoms with Gasteiger partial charge >= 0.3 is 0 Å². The predicted octanol–water partition coefficient (Wildman–Crippen LogP) is 3.80. The zero-order valence-corrected chi connectivity index (χ0v) is 14.1. The minimum Gasteiger partial charge on any atom is -0.384 e. The highest BCUT2D eigenvalue weighted by atomic mass is 32.1. The van der Waals surface area contributed by atoms with Crippen LogP contribution in [-0.2, 0) is 23.0 Å². The minimum absolute atomic E-state index is 0.0188. The Balaban J connectivity index is 2.30. The number of benzene rings is 1. The summed E-state index contributed by atoms with van der Waals surface area (Å²) in [6.45, 7) is 7.29. The molecule has 1 heterocycles. The molecule has 0 amide bonds. The van der Waals surface area contributed by atoms with Crippen LogP contribution in [0.5, 0.6) is 0 Å². The summed E-state index contributed by atoms with van der Waals surface area (Å²) in [6, 6.07) is 8.54. The Kier molecular flexibility index (Phi) is 5.01. The third-order valence-electron chi connectivity index (χ3n) is 3.47. The molecule has 0 saturated carbocycles. The van der Waals surface area contributed by atoms with Gasteiger partial charge in [-0.15, -0.1) is 11.3 Å². The van der Waals surface area contributed by atoms with Crippen molar-refractivity contribution < 1.29 is 4.74 Å². The third kappa shape index (κ3) is 4.05. The fraction of sp³-hybridized carbons (Fsp3) is 0.471. The van der Waals surface area contributed by atoms with Crippen molar-refractivity contribution in [3.05, 3.63) is 46.0 Å². The Morgan fingerprint density at radius 3 is 2.48 bits per heavy atom. The molecule has 3 nitrogen and oxygen atoms in total. The molecule has 1 aromatic heterocycles. The number of aromatic nitrogens is 1. The summed E-state index contributed by atoms with van der Waals surface area (Å²) in [5, 5.41) is 0.657. The molecule has 2 N–H and O–H groups in total. The molecular weight excluding hydrogens is 280 g/mol. The first-order valence-corrected chi connectivity index (χ1v) is 8.05. The van der Waals surface area contributed by atoms with Gasteiger partial charge in [-0.3, -0.25) is 0 Å². The highest BCUT2D eigenvalue weighted by molar-refractivity contribution is 7.15. The highest BCUT2D eigenvalue weighted by Crippen LogP contribution is 2.32. The molecular formula is C17H24N2OS.